The van der Waals surface area contributed by atoms with Crippen molar-refractivity contribution in [3.8, 4) is 0 Å². The fraction of sp³-hybridized carbons (Fsp3) is 0.600. The van der Waals surface area contributed by atoms with Crippen LogP contribution in [-0.4, -0.2) is 20.3 Å². The van der Waals surface area contributed by atoms with Gasteiger partial charge in [-0.05, 0) is 37.9 Å². The smallest absolute Gasteiger partial charge is 0.129 e. The lowest BCUT2D eigenvalue weighted by atomic mass is 10.0. The van der Waals surface area contributed by atoms with Gasteiger partial charge in [-0.25, -0.2) is 4.39 Å². The van der Waals surface area contributed by atoms with Gasteiger partial charge in [0.25, 0.3) is 0 Å². The predicted molar refractivity (Wildman–Crippen MR) is 78.1 cm³/mol. The van der Waals surface area contributed by atoms with Crippen molar-refractivity contribution in [3.05, 3.63) is 34.6 Å². The third-order valence-electron chi connectivity index (χ3n) is 3.08. The van der Waals surface area contributed by atoms with Gasteiger partial charge in [0.15, 0.2) is 0 Å². The molecule has 2 nitrogen and oxygen atoms in total. The van der Waals surface area contributed by atoms with E-state index >= 15 is 0 Å². The highest BCUT2D eigenvalue weighted by Gasteiger charge is 2.14. The molecule has 0 aromatic heterocycles. The summed E-state index contributed by atoms with van der Waals surface area (Å²) in [4.78, 5) is 0. The zero-order valence-corrected chi connectivity index (χ0v) is 12.6. The highest BCUT2D eigenvalue weighted by molar-refractivity contribution is 6.30. The quantitative estimate of drug-likeness (QED) is 0.724. The average Bonchev–Trinajstić information content (AvgIpc) is 2.34. The Morgan fingerprint density at radius 3 is 2.53 bits per heavy atom. The van der Waals surface area contributed by atoms with Crippen molar-refractivity contribution >= 4 is 11.6 Å². The number of ether oxygens (including phenoxy) is 1. The van der Waals surface area contributed by atoms with E-state index in [0.29, 0.717) is 23.1 Å². The van der Waals surface area contributed by atoms with Gasteiger partial charge in [-0.3, -0.25) is 0 Å². The molecule has 0 aliphatic heterocycles. The molecule has 1 aromatic carbocycles. The molecule has 4 heteroatoms. The molecule has 0 bridgehead atoms. The van der Waals surface area contributed by atoms with Gasteiger partial charge in [0.1, 0.15) is 5.82 Å². The molecule has 1 aromatic rings. The summed E-state index contributed by atoms with van der Waals surface area (Å²) in [6.07, 6.45) is 1.80. The van der Waals surface area contributed by atoms with E-state index in [-0.39, 0.29) is 11.9 Å². The van der Waals surface area contributed by atoms with Gasteiger partial charge in [0, 0.05) is 29.8 Å². The first-order valence-corrected chi connectivity index (χ1v) is 7.12. The second-order valence-electron chi connectivity index (χ2n) is 5.09. The maximum atomic E-state index is 13.8. The Kier molecular flexibility index (Phi) is 7.36. The van der Waals surface area contributed by atoms with Crippen molar-refractivity contribution in [2.45, 2.75) is 32.7 Å². The molecule has 0 heterocycles. The number of hydrogen-bond donors (Lipinski definition) is 1. The van der Waals surface area contributed by atoms with Gasteiger partial charge >= 0.3 is 0 Å². The van der Waals surface area contributed by atoms with Gasteiger partial charge < -0.3 is 10.1 Å². The summed E-state index contributed by atoms with van der Waals surface area (Å²) in [5, 5.41) is 3.54. The first-order chi connectivity index (χ1) is 9.04. The molecule has 19 heavy (non-hydrogen) atoms. The zero-order chi connectivity index (χ0) is 14.3. The average molecular weight is 288 g/mol. The molecule has 1 unspecified atom stereocenters. The van der Waals surface area contributed by atoms with E-state index in [1.54, 1.807) is 12.1 Å². The van der Waals surface area contributed by atoms with Gasteiger partial charge in [-0.15, -0.1) is 0 Å². The summed E-state index contributed by atoms with van der Waals surface area (Å²) >= 11 is 5.75. The van der Waals surface area contributed by atoms with Crippen LogP contribution in [0, 0.1) is 11.7 Å². The van der Waals surface area contributed by atoms with Crippen LogP contribution in [0.5, 0.6) is 0 Å². The summed E-state index contributed by atoms with van der Waals surface area (Å²) in [5.74, 6) is 0.378. The van der Waals surface area contributed by atoms with Crippen molar-refractivity contribution in [1.29, 1.82) is 0 Å². The normalized spacial score (nSPS) is 12.9. The summed E-state index contributed by atoms with van der Waals surface area (Å²) < 4.78 is 19.4. The van der Waals surface area contributed by atoms with Gasteiger partial charge in [-0.2, -0.15) is 0 Å². The summed E-state index contributed by atoms with van der Waals surface area (Å²) in [6.45, 7) is 5.73. The van der Waals surface area contributed by atoms with Crippen molar-refractivity contribution in [1.82, 2.24) is 5.32 Å². The second-order valence-corrected chi connectivity index (χ2v) is 5.53. The lowest BCUT2D eigenvalue weighted by Crippen LogP contribution is -2.19. The Morgan fingerprint density at radius 2 is 1.95 bits per heavy atom. The fourth-order valence-electron chi connectivity index (χ4n) is 1.86. The highest BCUT2D eigenvalue weighted by Crippen LogP contribution is 2.22. The number of rotatable bonds is 8. The van der Waals surface area contributed by atoms with Crippen LogP contribution in [-0.2, 0) is 4.74 Å². The number of halogens is 2. The first kappa shape index (κ1) is 16.4. The predicted octanol–water partition coefficient (Wildman–Crippen LogP) is 4.19. The van der Waals surface area contributed by atoms with Crippen molar-refractivity contribution < 1.29 is 9.13 Å². The molecular weight excluding hydrogens is 265 g/mol. The summed E-state index contributed by atoms with van der Waals surface area (Å²) in [6, 6.07) is 4.74. The van der Waals surface area contributed by atoms with E-state index in [9.17, 15) is 4.39 Å². The maximum absolute atomic E-state index is 13.8. The van der Waals surface area contributed by atoms with Crippen LogP contribution in [0.3, 0.4) is 0 Å². The van der Waals surface area contributed by atoms with E-state index in [0.717, 1.165) is 19.4 Å². The molecule has 0 amide bonds. The van der Waals surface area contributed by atoms with Crippen LogP contribution < -0.4 is 5.32 Å². The SMILES string of the molecule is CNC(CCOCCC(C)C)c1ccc(Cl)cc1F. The number of benzene rings is 1. The lowest BCUT2D eigenvalue weighted by molar-refractivity contribution is 0.114. The summed E-state index contributed by atoms with van der Waals surface area (Å²) in [5.41, 5.74) is 0.638. The molecule has 1 rings (SSSR count). The second kappa shape index (κ2) is 8.51. The molecular formula is C15H23ClFNO. The van der Waals surface area contributed by atoms with E-state index in [1.807, 2.05) is 7.05 Å². The van der Waals surface area contributed by atoms with Crippen LogP contribution in [0.4, 0.5) is 4.39 Å². The van der Waals surface area contributed by atoms with E-state index in [2.05, 4.69) is 19.2 Å². The minimum Gasteiger partial charge on any atom is -0.381 e. The van der Waals surface area contributed by atoms with Gasteiger partial charge in [0.2, 0.25) is 0 Å². The van der Waals surface area contributed by atoms with Crippen molar-refractivity contribution in [3.63, 3.8) is 0 Å². The molecule has 0 aliphatic rings. The fourth-order valence-corrected chi connectivity index (χ4v) is 2.02. The van der Waals surface area contributed by atoms with Gasteiger partial charge in [-0.1, -0.05) is 31.5 Å². The minimum atomic E-state index is -0.269. The zero-order valence-electron chi connectivity index (χ0n) is 11.9. The monoisotopic (exact) mass is 287 g/mol. The van der Waals surface area contributed by atoms with E-state index in [4.69, 9.17) is 16.3 Å². The van der Waals surface area contributed by atoms with Crippen LogP contribution in [0.2, 0.25) is 5.02 Å². The number of nitrogens with one attached hydrogen (secondary N) is 1. The highest BCUT2D eigenvalue weighted by atomic mass is 35.5. The maximum Gasteiger partial charge on any atom is 0.129 e. The molecule has 108 valence electrons. The van der Waals surface area contributed by atoms with E-state index < -0.39 is 0 Å². The minimum absolute atomic E-state index is 0.0451. The van der Waals surface area contributed by atoms with Crippen molar-refractivity contribution in [2.24, 2.45) is 5.92 Å². The summed E-state index contributed by atoms with van der Waals surface area (Å²) in [7, 11) is 1.83. The molecule has 0 fully saturated rings. The third-order valence-corrected chi connectivity index (χ3v) is 3.31. The lowest BCUT2D eigenvalue weighted by Gasteiger charge is -2.17. The third kappa shape index (κ3) is 5.89. The number of hydrogen-bond acceptors (Lipinski definition) is 2. The van der Waals surface area contributed by atoms with Crippen LogP contribution in [0.25, 0.3) is 0 Å². The topological polar surface area (TPSA) is 21.3 Å². The van der Waals surface area contributed by atoms with Crippen LogP contribution in [0.15, 0.2) is 18.2 Å². The van der Waals surface area contributed by atoms with Crippen molar-refractivity contribution in [2.75, 3.05) is 20.3 Å². The van der Waals surface area contributed by atoms with Crippen LogP contribution in [0.1, 0.15) is 38.3 Å². The molecule has 1 atom stereocenters. The molecule has 1 N–H and O–H groups in total. The standard InChI is InChI=1S/C15H23ClFNO/c1-11(2)6-8-19-9-7-15(18-3)13-5-4-12(16)10-14(13)17/h4-5,10-11,15,18H,6-9H2,1-3H3. The van der Waals surface area contributed by atoms with Gasteiger partial charge in [0.05, 0.1) is 0 Å². The Hall–Kier alpha value is -0.640. The Labute approximate surface area is 120 Å². The Morgan fingerprint density at radius 1 is 1.26 bits per heavy atom. The Bertz CT molecular complexity index is 384. The largest absolute Gasteiger partial charge is 0.381 e. The molecule has 0 saturated heterocycles. The van der Waals surface area contributed by atoms with E-state index in [1.165, 1.54) is 6.07 Å². The molecule has 0 aliphatic carbocycles. The molecule has 0 spiro atoms. The Balaban J connectivity index is 2.45. The first-order valence-electron chi connectivity index (χ1n) is 6.74. The molecule has 0 saturated carbocycles. The molecule has 0 radical (unpaired) electrons. The van der Waals surface area contributed by atoms with Crippen LogP contribution >= 0.6 is 11.6 Å².